The monoisotopic (exact) mass is 274 g/mol. The van der Waals surface area contributed by atoms with Crippen molar-refractivity contribution in [2.45, 2.75) is 45.2 Å². The van der Waals surface area contributed by atoms with E-state index >= 15 is 0 Å². The van der Waals surface area contributed by atoms with Crippen LogP contribution in [0.25, 0.3) is 0 Å². The van der Waals surface area contributed by atoms with Gasteiger partial charge in [0.25, 0.3) is 5.91 Å². The molecule has 20 heavy (non-hydrogen) atoms. The van der Waals surface area contributed by atoms with Gasteiger partial charge in [-0.15, -0.1) is 0 Å². The molecule has 0 bridgehead atoms. The lowest BCUT2D eigenvalue weighted by atomic mass is 9.82. The van der Waals surface area contributed by atoms with Crippen LogP contribution >= 0.6 is 0 Å². The molecular formula is C16H22N2O2. The Kier molecular flexibility index (Phi) is 3.59. The number of hydrogen-bond acceptors (Lipinski definition) is 2. The molecule has 2 amide bonds. The summed E-state index contributed by atoms with van der Waals surface area (Å²) >= 11 is 0. The van der Waals surface area contributed by atoms with E-state index in [4.69, 9.17) is 0 Å². The molecule has 0 aromatic heterocycles. The molecule has 4 heteroatoms. The Morgan fingerprint density at radius 3 is 2.25 bits per heavy atom. The predicted molar refractivity (Wildman–Crippen MR) is 78.0 cm³/mol. The second-order valence-corrected chi connectivity index (χ2v) is 5.97. The Morgan fingerprint density at radius 2 is 1.70 bits per heavy atom. The van der Waals surface area contributed by atoms with Gasteiger partial charge in [-0.3, -0.25) is 9.59 Å². The summed E-state index contributed by atoms with van der Waals surface area (Å²) in [6.07, 6.45) is 0.817. The van der Waals surface area contributed by atoms with Crippen molar-refractivity contribution < 1.29 is 9.59 Å². The molecule has 1 N–H and O–H groups in total. The maximum Gasteiger partial charge on any atom is 0.251 e. The van der Waals surface area contributed by atoms with Gasteiger partial charge in [-0.1, -0.05) is 37.3 Å². The number of hydrogen-bond donors (Lipinski definition) is 1. The summed E-state index contributed by atoms with van der Waals surface area (Å²) in [5.74, 6) is -0.160. The summed E-state index contributed by atoms with van der Waals surface area (Å²) in [6, 6.07) is 9.48. The maximum atomic E-state index is 12.7. The van der Waals surface area contributed by atoms with E-state index in [1.807, 2.05) is 44.2 Å². The van der Waals surface area contributed by atoms with Crippen LogP contribution in [0, 0.1) is 0 Å². The van der Waals surface area contributed by atoms with E-state index in [0.29, 0.717) is 6.54 Å². The van der Waals surface area contributed by atoms with Crippen LogP contribution in [0.5, 0.6) is 0 Å². The fourth-order valence-corrected chi connectivity index (χ4v) is 2.72. The smallest absolute Gasteiger partial charge is 0.251 e. The van der Waals surface area contributed by atoms with Gasteiger partial charge in [-0.2, -0.15) is 0 Å². The highest BCUT2D eigenvalue weighted by atomic mass is 16.2. The molecule has 1 aromatic carbocycles. The Bertz CT molecular complexity index is 525. The Morgan fingerprint density at radius 1 is 1.10 bits per heavy atom. The van der Waals surface area contributed by atoms with Crippen LogP contribution in [0.15, 0.2) is 30.3 Å². The predicted octanol–water partition coefficient (Wildman–Crippen LogP) is 2.05. The van der Waals surface area contributed by atoms with E-state index in [0.717, 1.165) is 12.0 Å². The molecule has 2 rings (SSSR count). The standard InChI is InChI=1S/C16H22N2O2/c1-5-11-18-14(20)15(2,3)17-13(19)16(18,4)12-9-7-6-8-10-12/h6-10H,5,11H2,1-4H3,(H,17,19). The van der Waals surface area contributed by atoms with Gasteiger partial charge in [-0.25, -0.2) is 0 Å². The molecule has 0 spiro atoms. The molecule has 0 saturated carbocycles. The maximum absolute atomic E-state index is 12.7. The van der Waals surface area contributed by atoms with Gasteiger partial charge in [0.2, 0.25) is 5.91 Å². The number of rotatable bonds is 3. The third-order valence-electron chi connectivity index (χ3n) is 3.97. The minimum atomic E-state index is -0.941. The average molecular weight is 274 g/mol. The van der Waals surface area contributed by atoms with E-state index in [-0.39, 0.29) is 11.8 Å². The van der Waals surface area contributed by atoms with Crippen LogP contribution in [0.4, 0.5) is 0 Å². The Balaban J connectivity index is 2.54. The van der Waals surface area contributed by atoms with Gasteiger partial charge in [0.1, 0.15) is 11.1 Å². The molecule has 0 radical (unpaired) electrons. The molecule has 0 aliphatic carbocycles. The first-order valence-electron chi connectivity index (χ1n) is 7.04. The number of carbonyl (C=O) groups is 2. The van der Waals surface area contributed by atoms with E-state index < -0.39 is 11.1 Å². The average Bonchev–Trinajstić information content (AvgIpc) is 2.42. The van der Waals surface area contributed by atoms with E-state index in [1.54, 1.807) is 18.7 Å². The lowest BCUT2D eigenvalue weighted by Crippen LogP contribution is -2.71. The molecule has 1 saturated heterocycles. The van der Waals surface area contributed by atoms with Crippen LogP contribution in [-0.4, -0.2) is 28.8 Å². The molecule has 4 nitrogen and oxygen atoms in total. The van der Waals surface area contributed by atoms with E-state index in [1.165, 1.54) is 0 Å². The van der Waals surface area contributed by atoms with Gasteiger partial charge >= 0.3 is 0 Å². The van der Waals surface area contributed by atoms with Crippen molar-refractivity contribution in [3.05, 3.63) is 35.9 Å². The summed E-state index contributed by atoms with van der Waals surface area (Å²) in [7, 11) is 0. The minimum Gasteiger partial charge on any atom is -0.340 e. The fourth-order valence-electron chi connectivity index (χ4n) is 2.72. The molecule has 1 unspecified atom stereocenters. The summed E-state index contributed by atoms with van der Waals surface area (Å²) in [6.45, 7) is 7.90. The number of piperazine rings is 1. The van der Waals surface area contributed by atoms with Crippen molar-refractivity contribution in [3.8, 4) is 0 Å². The van der Waals surface area contributed by atoms with Crippen molar-refractivity contribution in [1.82, 2.24) is 10.2 Å². The van der Waals surface area contributed by atoms with Crippen molar-refractivity contribution in [1.29, 1.82) is 0 Å². The summed E-state index contributed by atoms with van der Waals surface area (Å²) in [5.41, 5.74) is -0.945. The highest BCUT2D eigenvalue weighted by molar-refractivity contribution is 6.02. The normalized spacial score (nSPS) is 25.5. The van der Waals surface area contributed by atoms with Crippen molar-refractivity contribution in [3.63, 3.8) is 0 Å². The van der Waals surface area contributed by atoms with Crippen LogP contribution < -0.4 is 5.32 Å². The fraction of sp³-hybridized carbons (Fsp3) is 0.500. The molecule has 1 aliphatic heterocycles. The molecule has 1 atom stereocenters. The van der Waals surface area contributed by atoms with E-state index in [2.05, 4.69) is 5.32 Å². The summed E-state index contributed by atoms with van der Waals surface area (Å²) in [4.78, 5) is 27.1. The zero-order valence-electron chi connectivity index (χ0n) is 12.6. The van der Waals surface area contributed by atoms with Crippen molar-refractivity contribution in [2.24, 2.45) is 0 Å². The third-order valence-corrected chi connectivity index (χ3v) is 3.97. The summed E-state index contributed by atoms with van der Waals surface area (Å²) < 4.78 is 0. The molecule has 1 fully saturated rings. The lowest BCUT2D eigenvalue weighted by molar-refractivity contribution is -0.161. The van der Waals surface area contributed by atoms with E-state index in [9.17, 15) is 9.59 Å². The highest BCUT2D eigenvalue weighted by Gasteiger charge is 2.53. The van der Waals surface area contributed by atoms with Crippen LogP contribution in [0.2, 0.25) is 0 Å². The zero-order valence-corrected chi connectivity index (χ0v) is 12.6. The number of amides is 2. The van der Waals surface area contributed by atoms with Gasteiger partial charge in [-0.05, 0) is 32.8 Å². The van der Waals surface area contributed by atoms with Crippen LogP contribution in [0.3, 0.4) is 0 Å². The molecular weight excluding hydrogens is 252 g/mol. The lowest BCUT2D eigenvalue weighted by Gasteiger charge is -2.49. The SMILES string of the molecule is CCCN1C(=O)C(C)(C)NC(=O)C1(C)c1ccccc1. The second kappa shape index (κ2) is 4.93. The Labute approximate surface area is 120 Å². The zero-order chi connectivity index (χ0) is 15.0. The first-order valence-corrected chi connectivity index (χ1v) is 7.04. The van der Waals surface area contributed by atoms with Crippen molar-refractivity contribution in [2.75, 3.05) is 6.54 Å². The highest BCUT2D eigenvalue weighted by Crippen LogP contribution is 2.34. The third kappa shape index (κ3) is 2.09. The van der Waals surface area contributed by atoms with Gasteiger partial charge < -0.3 is 10.2 Å². The van der Waals surface area contributed by atoms with Crippen LogP contribution in [-0.2, 0) is 15.1 Å². The topological polar surface area (TPSA) is 49.4 Å². The molecule has 1 aliphatic rings. The van der Waals surface area contributed by atoms with Crippen molar-refractivity contribution >= 4 is 11.8 Å². The van der Waals surface area contributed by atoms with Gasteiger partial charge in [0.05, 0.1) is 0 Å². The molecule has 108 valence electrons. The van der Waals surface area contributed by atoms with Gasteiger partial charge in [0, 0.05) is 6.54 Å². The Hall–Kier alpha value is -1.84. The van der Waals surface area contributed by atoms with Crippen LogP contribution in [0.1, 0.15) is 39.7 Å². The second-order valence-electron chi connectivity index (χ2n) is 5.97. The largest absolute Gasteiger partial charge is 0.340 e. The number of nitrogens with one attached hydrogen (secondary N) is 1. The number of carbonyl (C=O) groups excluding carboxylic acids is 2. The number of benzene rings is 1. The van der Waals surface area contributed by atoms with Gasteiger partial charge in [0.15, 0.2) is 0 Å². The summed E-state index contributed by atoms with van der Waals surface area (Å²) in [5, 5.41) is 2.85. The minimum absolute atomic E-state index is 0.0368. The molecule has 1 heterocycles. The number of nitrogens with zero attached hydrogens (tertiary/aromatic N) is 1. The first kappa shape index (κ1) is 14.6. The first-order chi connectivity index (χ1) is 9.34. The molecule has 1 aromatic rings. The quantitative estimate of drug-likeness (QED) is 0.917.